The van der Waals surface area contributed by atoms with E-state index in [1.807, 2.05) is 26.0 Å². The van der Waals surface area contributed by atoms with E-state index in [0.717, 1.165) is 22.3 Å². The predicted molar refractivity (Wildman–Crippen MR) is 90.9 cm³/mol. The second-order valence-electron chi connectivity index (χ2n) is 4.05. The van der Waals surface area contributed by atoms with Crippen LogP contribution in [-0.4, -0.2) is 22.7 Å². The molecule has 0 aliphatic rings. The van der Waals surface area contributed by atoms with Crippen molar-refractivity contribution in [2.45, 2.75) is 13.8 Å². The van der Waals surface area contributed by atoms with Crippen molar-refractivity contribution in [3.63, 3.8) is 0 Å². The Morgan fingerprint density at radius 3 is 2.15 bits per heavy atom. The Bertz CT molecular complexity index is 580. The minimum absolute atomic E-state index is 0.107. The zero-order valence-corrected chi connectivity index (χ0v) is 12.8. The van der Waals surface area contributed by atoms with Crippen LogP contribution in [0.2, 0.25) is 0 Å². The maximum atomic E-state index is 5.31. The van der Waals surface area contributed by atoms with Gasteiger partial charge in [0.2, 0.25) is 0 Å². The van der Waals surface area contributed by atoms with Crippen molar-refractivity contribution in [2.75, 3.05) is 0 Å². The van der Waals surface area contributed by atoms with Crippen LogP contribution in [-0.2, 0) is 0 Å². The highest BCUT2D eigenvalue weighted by molar-refractivity contribution is 7.80. The van der Waals surface area contributed by atoms with E-state index in [1.165, 1.54) is 0 Å². The lowest BCUT2D eigenvalue weighted by atomic mass is 10.0. The van der Waals surface area contributed by atoms with Crippen LogP contribution >= 0.6 is 24.4 Å². The first-order chi connectivity index (χ1) is 9.40. The summed E-state index contributed by atoms with van der Waals surface area (Å²) in [5, 5.41) is 8.13. The van der Waals surface area contributed by atoms with Crippen molar-refractivity contribution in [1.29, 1.82) is 0 Å². The van der Waals surface area contributed by atoms with Crippen LogP contribution in [0.15, 0.2) is 22.3 Å². The maximum Gasteiger partial charge on any atom is 0.184 e. The van der Waals surface area contributed by atoms with E-state index in [2.05, 4.69) is 45.5 Å². The third-order valence-electron chi connectivity index (χ3n) is 2.31. The van der Waals surface area contributed by atoms with E-state index in [-0.39, 0.29) is 10.2 Å². The third kappa shape index (κ3) is 5.29. The molecule has 0 bridgehead atoms. The molecule has 0 amide bonds. The summed E-state index contributed by atoms with van der Waals surface area (Å²) < 4.78 is 0. The number of nitrogens with one attached hydrogen (secondary N) is 2. The van der Waals surface area contributed by atoms with Crippen molar-refractivity contribution in [3.05, 3.63) is 34.4 Å². The molecule has 0 spiro atoms. The molecule has 0 heterocycles. The number of hydrazone groups is 2. The Labute approximate surface area is 128 Å². The average Bonchev–Trinajstić information content (AvgIpc) is 2.31. The zero-order chi connectivity index (χ0) is 15.1. The van der Waals surface area contributed by atoms with Gasteiger partial charge in [-0.2, -0.15) is 10.2 Å². The second kappa shape index (κ2) is 7.51. The molecule has 0 aliphatic heterocycles. The van der Waals surface area contributed by atoms with Crippen LogP contribution in [0.25, 0.3) is 0 Å². The first kappa shape index (κ1) is 16.0. The van der Waals surface area contributed by atoms with Crippen LogP contribution in [0.4, 0.5) is 0 Å². The van der Waals surface area contributed by atoms with Crippen LogP contribution < -0.4 is 22.3 Å². The summed E-state index contributed by atoms with van der Waals surface area (Å²) in [6.45, 7) is 3.98. The summed E-state index contributed by atoms with van der Waals surface area (Å²) in [7, 11) is 0. The van der Waals surface area contributed by atoms with E-state index in [0.29, 0.717) is 0 Å². The molecule has 0 aliphatic carbocycles. The Balaban J connectivity index is 3.07. The fraction of sp³-hybridized carbons (Fsp3) is 0.167. The highest BCUT2D eigenvalue weighted by atomic mass is 32.1. The zero-order valence-electron chi connectivity index (χ0n) is 11.2. The summed E-state index contributed by atoms with van der Waals surface area (Å²) in [6, 6.07) is 4.01. The summed E-state index contributed by atoms with van der Waals surface area (Å²) in [5.41, 5.74) is 19.6. The van der Waals surface area contributed by atoms with E-state index in [1.54, 1.807) is 12.4 Å². The summed E-state index contributed by atoms with van der Waals surface area (Å²) in [6.07, 6.45) is 3.26. The van der Waals surface area contributed by atoms with Gasteiger partial charge < -0.3 is 11.5 Å². The van der Waals surface area contributed by atoms with Crippen molar-refractivity contribution < 1.29 is 0 Å². The lowest BCUT2D eigenvalue weighted by molar-refractivity contribution is 1.04. The van der Waals surface area contributed by atoms with Crippen LogP contribution in [0.3, 0.4) is 0 Å². The first-order valence-corrected chi connectivity index (χ1v) is 6.50. The molecule has 0 fully saturated rings. The minimum Gasteiger partial charge on any atom is -0.375 e. The fourth-order valence-electron chi connectivity index (χ4n) is 1.62. The molecule has 0 saturated carbocycles. The first-order valence-electron chi connectivity index (χ1n) is 5.68. The summed E-state index contributed by atoms with van der Waals surface area (Å²) in [5.74, 6) is 0. The molecule has 1 rings (SSSR count). The average molecular weight is 308 g/mol. The Hall–Kier alpha value is -2.06. The third-order valence-corrected chi connectivity index (χ3v) is 2.49. The molecular weight excluding hydrogens is 292 g/mol. The maximum absolute atomic E-state index is 5.31. The van der Waals surface area contributed by atoms with Crippen molar-refractivity contribution in [2.24, 2.45) is 21.7 Å². The van der Waals surface area contributed by atoms with Crippen LogP contribution in [0.1, 0.15) is 22.3 Å². The number of benzene rings is 1. The molecule has 0 unspecified atom stereocenters. The monoisotopic (exact) mass is 308 g/mol. The Morgan fingerprint density at radius 1 is 1.05 bits per heavy atom. The van der Waals surface area contributed by atoms with E-state index >= 15 is 0 Å². The molecule has 1 aromatic rings. The van der Waals surface area contributed by atoms with Gasteiger partial charge in [0.15, 0.2) is 10.2 Å². The van der Waals surface area contributed by atoms with Crippen LogP contribution in [0.5, 0.6) is 0 Å². The quantitative estimate of drug-likeness (QED) is 0.370. The van der Waals surface area contributed by atoms with Gasteiger partial charge in [-0.05, 0) is 49.9 Å². The van der Waals surface area contributed by atoms with Gasteiger partial charge >= 0.3 is 0 Å². The highest BCUT2D eigenvalue weighted by Gasteiger charge is 2.03. The molecule has 0 atom stereocenters. The number of nitrogens with two attached hydrogens (primary N) is 2. The second-order valence-corrected chi connectivity index (χ2v) is 4.93. The van der Waals surface area contributed by atoms with Gasteiger partial charge in [0.05, 0.1) is 12.4 Å². The van der Waals surface area contributed by atoms with Crippen LogP contribution in [0, 0.1) is 13.8 Å². The van der Waals surface area contributed by atoms with E-state index in [4.69, 9.17) is 11.5 Å². The molecule has 0 aromatic heterocycles. The topological polar surface area (TPSA) is 101 Å². The van der Waals surface area contributed by atoms with Gasteiger partial charge in [0.25, 0.3) is 0 Å². The largest absolute Gasteiger partial charge is 0.375 e. The SMILES string of the molecule is Cc1cc(C)c(/C=N/NC(N)=S)c(/C=N/NC(N)=S)c1. The standard InChI is InChI=1S/C12H16N6S2/c1-7-3-8(2)10(6-16-18-12(14)20)9(4-7)5-15-17-11(13)19/h3-6H,1-2H3,(H3,13,17,19)(H3,14,18,20)/b15-5+,16-6+. The Morgan fingerprint density at radius 2 is 1.60 bits per heavy atom. The van der Waals surface area contributed by atoms with Crippen molar-refractivity contribution in [1.82, 2.24) is 10.9 Å². The molecule has 0 saturated heterocycles. The number of hydrogen-bond acceptors (Lipinski definition) is 4. The number of thiocarbonyl (C=S) groups is 2. The molecule has 6 N–H and O–H groups in total. The number of hydrogen-bond donors (Lipinski definition) is 4. The van der Waals surface area contributed by atoms with E-state index < -0.39 is 0 Å². The van der Waals surface area contributed by atoms with Gasteiger partial charge in [0.1, 0.15) is 0 Å². The summed E-state index contributed by atoms with van der Waals surface area (Å²) >= 11 is 9.37. The van der Waals surface area contributed by atoms with Gasteiger partial charge in [-0.25, -0.2) is 0 Å². The lowest BCUT2D eigenvalue weighted by Crippen LogP contribution is -2.24. The Kier molecular flexibility index (Phi) is 6.01. The molecular formula is C12H16N6S2. The van der Waals surface area contributed by atoms with Gasteiger partial charge in [0, 0.05) is 11.1 Å². The van der Waals surface area contributed by atoms with Gasteiger partial charge in [-0.15, -0.1) is 0 Å². The number of rotatable bonds is 4. The fourth-order valence-corrected chi connectivity index (χ4v) is 1.73. The lowest BCUT2D eigenvalue weighted by Gasteiger charge is -2.07. The smallest absolute Gasteiger partial charge is 0.184 e. The summed E-state index contributed by atoms with van der Waals surface area (Å²) in [4.78, 5) is 0. The van der Waals surface area contributed by atoms with Gasteiger partial charge in [-0.1, -0.05) is 11.6 Å². The molecule has 106 valence electrons. The molecule has 1 aromatic carbocycles. The molecule has 20 heavy (non-hydrogen) atoms. The molecule has 0 radical (unpaired) electrons. The van der Waals surface area contributed by atoms with E-state index in [9.17, 15) is 0 Å². The normalized spacial score (nSPS) is 10.9. The van der Waals surface area contributed by atoms with Crippen molar-refractivity contribution in [3.8, 4) is 0 Å². The number of aryl methyl sites for hydroxylation is 2. The predicted octanol–water partition coefficient (Wildman–Crippen LogP) is 0.638. The molecule has 6 nitrogen and oxygen atoms in total. The minimum atomic E-state index is 0.107. The number of nitrogens with zero attached hydrogens (tertiary/aromatic N) is 2. The molecule has 8 heteroatoms. The van der Waals surface area contributed by atoms with Gasteiger partial charge in [-0.3, -0.25) is 10.9 Å². The highest BCUT2D eigenvalue weighted by Crippen LogP contribution is 2.13. The van der Waals surface area contributed by atoms with Crippen molar-refractivity contribution >= 4 is 47.1 Å².